The van der Waals surface area contributed by atoms with Gasteiger partial charge in [-0.25, -0.2) is 5.43 Å². The molecule has 0 heterocycles. The predicted octanol–water partition coefficient (Wildman–Crippen LogP) is 0.495. The van der Waals surface area contributed by atoms with Gasteiger partial charge in [-0.2, -0.15) is 5.10 Å². The topological polar surface area (TPSA) is 120 Å². The molecule has 3 amide bonds. The largest absolute Gasteiger partial charge is 0.395 e. The average Bonchev–Trinajstić information content (AvgIpc) is 2.64. The molecule has 1 aliphatic rings. The van der Waals surface area contributed by atoms with Gasteiger partial charge in [-0.05, 0) is 49.8 Å². The first-order chi connectivity index (χ1) is 12.5. The number of aliphatic hydroxyl groups is 1. The van der Waals surface area contributed by atoms with E-state index in [0.717, 1.165) is 24.9 Å². The monoisotopic (exact) mass is 360 g/mol. The lowest BCUT2D eigenvalue weighted by Gasteiger charge is -2.19. The Morgan fingerprint density at radius 3 is 2.69 bits per heavy atom. The molecule has 0 spiro atoms. The normalized spacial score (nSPS) is 13.5. The van der Waals surface area contributed by atoms with Crippen molar-refractivity contribution in [1.82, 2.24) is 10.7 Å². The van der Waals surface area contributed by atoms with Crippen LogP contribution in [-0.2, 0) is 27.2 Å². The lowest BCUT2D eigenvalue weighted by atomic mass is 9.90. The van der Waals surface area contributed by atoms with Crippen LogP contribution in [0.1, 0.15) is 37.3 Å². The van der Waals surface area contributed by atoms with Gasteiger partial charge in [-0.3, -0.25) is 14.4 Å². The summed E-state index contributed by atoms with van der Waals surface area (Å²) in [5, 5.41) is 17.5. The number of aryl methyl sites for hydroxylation is 1. The average molecular weight is 360 g/mol. The number of amides is 3. The van der Waals surface area contributed by atoms with Crippen molar-refractivity contribution in [3.8, 4) is 0 Å². The molecule has 0 saturated carbocycles. The molecule has 1 aliphatic carbocycles. The molecule has 0 unspecified atom stereocenters. The third-order valence-electron chi connectivity index (χ3n) is 4.04. The second-order valence-corrected chi connectivity index (χ2v) is 6.14. The number of carbonyl (C=O) groups is 3. The molecule has 2 rings (SSSR count). The number of aliphatic hydroxyl groups excluding tert-OH is 1. The number of benzene rings is 1. The van der Waals surface area contributed by atoms with Crippen molar-refractivity contribution < 1.29 is 19.5 Å². The van der Waals surface area contributed by atoms with E-state index >= 15 is 0 Å². The zero-order chi connectivity index (χ0) is 18.9. The van der Waals surface area contributed by atoms with Crippen molar-refractivity contribution in [3.05, 3.63) is 29.3 Å². The van der Waals surface area contributed by atoms with Gasteiger partial charge in [0.25, 0.3) is 0 Å². The van der Waals surface area contributed by atoms with Crippen LogP contribution in [0.25, 0.3) is 0 Å². The van der Waals surface area contributed by atoms with Gasteiger partial charge in [0.1, 0.15) is 0 Å². The van der Waals surface area contributed by atoms with E-state index in [1.54, 1.807) is 6.92 Å². The first-order valence-electron chi connectivity index (χ1n) is 8.64. The van der Waals surface area contributed by atoms with Crippen molar-refractivity contribution in [2.45, 2.75) is 39.0 Å². The van der Waals surface area contributed by atoms with Gasteiger partial charge in [0.2, 0.25) is 5.91 Å². The fourth-order valence-corrected chi connectivity index (χ4v) is 2.81. The quantitative estimate of drug-likeness (QED) is 0.335. The number of hydrogen-bond donors (Lipinski definition) is 4. The highest BCUT2D eigenvalue weighted by Crippen LogP contribution is 2.27. The molecule has 0 saturated heterocycles. The Morgan fingerprint density at radius 1 is 1.15 bits per heavy atom. The minimum Gasteiger partial charge on any atom is -0.395 e. The Balaban J connectivity index is 1.87. The molecule has 0 aromatic heterocycles. The molecule has 8 heteroatoms. The van der Waals surface area contributed by atoms with Crippen LogP contribution in [0.3, 0.4) is 0 Å². The third kappa shape index (κ3) is 5.66. The summed E-state index contributed by atoms with van der Waals surface area (Å²) >= 11 is 0. The van der Waals surface area contributed by atoms with E-state index in [1.165, 1.54) is 17.5 Å². The van der Waals surface area contributed by atoms with Crippen LogP contribution in [0, 0.1) is 0 Å². The van der Waals surface area contributed by atoms with Gasteiger partial charge in [0.15, 0.2) is 0 Å². The second-order valence-electron chi connectivity index (χ2n) is 6.14. The van der Waals surface area contributed by atoms with Gasteiger partial charge in [-0.15, -0.1) is 0 Å². The molecule has 1 aromatic carbocycles. The summed E-state index contributed by atoms with van der Waals surface area (Å²) in [5.41, 5.74) is 5.75. The Morgan fingerprint density at radius 2 is 1.92 bits per heavy atom. The predicted molar refractivity (Wildman–Crippen MR) is 97.7 cm³/mol. The molecule has 0 bridgehead atoms. The fourth-order valence-electron chi connectivity index (χ4n) is 2.81. The highest BCUT2D eigenvalue weighted by molar-refractivity contribution is 6.35. The summed E-state index contributed by atoms with van der Waals surface area (Å²) in [5.74, 6) is -2.07. The van der Waals surface area contributed by atoms with Crippen LogP contribution < -0.4 is 16.1 Å². The molecule has 0 aliphatic heterocycles. The van der Waals surface area contributed by atoms with Crippen molar-refractivity contribution in [1.29, 1.82) is 0 Å². The number of fused-ring (bicyclic) bond motifs is 1. The molecule has 1 aromatic rings. The van der Waals surface area contributed by atoms with Crippen LogP contribution >= 0.6 is 0 Å². The van der Waals surface area contributed by atoms with Gasteiger partial charge < -0.3 is 15.7 Å². The molecule has 0 fully saturated rings. The van der Waals surface area contributed by atoms with Crippen LogP contribution in [0.15, 0.2) is 23.3 Å². The molecule has 0 radical (unpaired) electrons. The lowest BCUT2D eigenvalue weighted by molar-refractivity contribution is -0.139. The van der Waals surface area contributed by atoms with E-state index < -0.39 is 11.8 Å². The second kappa shape index (κ2) is 9.67. The maximum Gasteiger partial charge on any atom is 0.329 e. The summed E-state index contributed by atoms with van der Waals surface area (Å²) in [6.07, 6.45) is 4.27. The van der Waals surface area contributed by atoms with Crippen molar-refractivity contribution in [2.24, 2.45) is 5.10 Å². The van der Waals surface area contributed by atoms with Crippen LogP contribution in [0.5, 0.6) is 0 Å². The zero-order valence-electron chi connectivity index (χ0n) is 14.8. The van der Waals surface area contributed by atoms with Gasteiger partial charge >= 0.3 is 11.8 Å². The van der Waals surface area contributed by atoms with Gasteiger partial charge in [-0.1, -0.05) is 12.1 Å². The van der Waals surface area contributed by atoms with E-state index in [2.05, 4.69) is 27.2 Å². The Hall–Kier alpha value is -2.74. The Bertz CT molecular complexity index is 715. The molecule has 8 nitrogen and oxygen atoms in total. The molecular weight excluding hydrogens is 336 g/mol. The molecule has 140 valence electrons. The minimum absolute atomic E-state index is 0.00219. The SMILES string of the molecule is CC(CC(=O)Nc1cccc2c1CCCC2)=NNC(=O)C(=O)NCCO. The van der Waals surface area contributed by atoms with Crippen molar-refractivity contribution >= 4 is 29.1 Å². The summed E-state index contributed by atoms with van der Waals surface area (Å²) < 4.78 is 0. The van der Waals surface area contributed by atoms with Crippen LogP contribution in [-0.4, -0.2) is 41.7 Å². The Labute approximate surface area is 152 Å². The summed E-state index contributed by atoms with van der Waals surface area (Å²) in [4.78, 5) is 35.0. The number of rotatable bonds is 6. The number of nitrogens with one attached hydrogen (secondary N) is 3. The molecule has 4 N–H and O–H groups in total. The number of anilines is 1. The fraction of sp³-hybridized carbons (Fsp3) is 0.444. The summed E-state index contributed by atoms with van der Waals surface area (Å²) in [7, 11) is 0. The number of nitrogens with zero attached hydrogens (tertiary/aromatic N) is 1. The van der Waals surface area contributed by atoms with E-state index in [9.17, 15) is 14.4 Å². The lowest BCUT2D eigenvalue weighted by Crippen LogP contribution is -2.39. The summed E-state index contributed by atoms with van der Waals surface area (Å²) in [6, 6.07) is 5.92. The number of hydrazone groups is 1. The van der Waals surface area contributed by atoms with Gasteiger partial charge in [0.05, 0.1) is 13.0 Å². The van der Waals surface area contributed by atoms with E-state index in [1.807, 2.05) is 12.1 Å². The molecule has 26 heavy (non-hydrogen) atoms. The smallest absolute Gasteiger partial charge is 0.329 e. The zero-order valence-corrected chi connectivity index (χ0v) is 14.8. The number of hydrogen-bond acceptors (Lipinski definition) is 5. The number of carbonyl (C=O) groups excluding carboxylic acids is 3. The third-order valence-corrected chi connectivity index (χ3v) is 4.04. The standard InChI is InChI=1S/C18H24N4O4/c1-12(21-22-18(26)17(25)19-9-10-23)11-16(24)20-15-8-4-6-13-5-2-3-7-14(13)15/h4,6,8,23H,2-3,5,7,9-11H2,1H3,(H,19,25)(H,20,24)(H,22,26). The molecule has 0 atom stereocenters. The van der Waals surface area contributed by atoms with Crippen molar-refractivity contribution in [3.63, 3.8) is 0 Å². The summed E-state index contributed by atoms with van der Waals surface area (Å²) in [6.45, 7) is 1.31. The molecular formula is C18H24N4O4. The van der Waals surface area contributed by atoms with Crippen LogP contribution in [0.4, 0.5) is 5.69 Å². The van der Waals surface area contributed by atoms with Gasteiger partial charge in [0, 0.05) is 17.9 Å². The highest BCUT2D eigenvalue weighted by Gasteiger charge is 2.15. The maximum atomic E-state index is 12.2. The maximum absolute atomic E-state index is 12.2. The highest BCUT2D eigenvalue weighted by atomic mass is 16.3. The van der Waals surface area contributed by atoms with E-state index in [4.69, 9.17) is 5.11 Å². The van der Waals surface area contributed by atoms with Crippen molar-refractivity contribution in [2.75, 3.05) is 18.5 Å². The first kappa shape index (κ1) is 19.6. The Kier molecular flexibility index (Phi) is 7.28. The van der Waals surface area contributed by atoms with E-state index in [-0.39, 0.29) is 25.5 Å². The van der Waals surface area contributed by atoms with Crippen LogP contribution in [0.2, 0.25) is 0 Å². The first-order valence-corrected chi connectivity index (χ1v) is 8.64. The van der Waals surface area contributed by atoms with E-state index in [0.29, 0.717) is 5.71 Å². The minimum atomic E-state index is -0.949.